The number of hydrogen-bond donors (Lipinski definition) is 0. The molecule has 0 spiro atoms. The molecular weight excluding hydrogens is 701 g/mol. The molecule has 0 atom stereocenters. The summed E-state index contributed by atoms with van der Waals surface area (Å²) in [6.45, 7) is 4.00. The van der Waals surface area contributed by atoms with Gasteiger partial charge in [-0.05, 0) is 131 Å². The van der Waals surface area contributed by atoms with Crippen molar-refractivity contribution in [3.63, 3.8) is 0 Å². The van der Waals surface area contributed by atoms with E-state index in [1.165, 1.54) is 71.6 Å². The Kier molecular flexibility index (Phi) is 10.2. The molecule has 278 valence electrons. The average molecular weight is 745 g/mol. The number of rotatable bonds is 7. The van der Waals surface area contributed by atoms with Gasteiger partial charge in [-0.2, -0.15) is 0 Å². The van der Waals surface area contributed by atoms with E-state index in [2.05, 4.69) is 228 Å². The van der Waals surface area contributed by atoms with Crippen molar-refractivity contribution < 1.29 is 0 Å². The summed E-state index contributed by atoms with van der Waals surface area (Å²) in [5.74, 6) is 0. The smallest absolute Gasteiger partial charge is 0.0541 e. The minimum atomic E-state index is 1.11. The maximum absolute atomic E-state index is 2.36. The molecule has 0 bridgehead atoms. The highest BCUT2D eigenvalue weighted by molar-refractivity contribution is 6.10. The van der Waals surface area contributed by atoms with Gasteiger partial charge in [0.1, 0.15) is 0 Å². The van der Waals surface area contributed by atoms with Crippen molar-refractivity contribution in [1.82, 2.24) is 4.57 Å². The van der Waals surface area contributed by atoms with Crippen LogP contribution in [0.25, 0.3) is 71.6 Å². The van der Waals surface area contributed by atoms with Gasteiger partial charge in [-0.25, -0.2) is 0 Å². The molecule has 0 aliphatic rings. The van der Waals surface area contributed by atoms with E-state index >= 15 is 0 Å². The molecule has 0 radical (unpaired) electrons. The van der Waals surface area contributed by atoms with Crippen molar-refractivity contribution in [2.45, 2.75) is 13.8 Å². The number of nitrogens with zero attached hydrogens (tertiary/aromatic N) is 2. The first-order valence-electron chi connectivity index (χ1n) is 20.0. The summed E-state index contributed by atoms with van der Waals surface area (Å²) in [7, 11) is 0. The van der Waals surface area contributed by atoms with Gasteiger partial charge in [0, 0.05) is 33.5 Å². The molecule has 0 N–H and O–H groups in total. The number of allylic oxidation sites excluding steroid dienone is 2. The normalized spacial score (nSPS) is 11.2. The standard InChI is InChI=1S/C52H36N2.C4H8/c1-3-13-45(14-4-1)53(47-30-25-39(26-31-47)38-19-21-40(22-20-38)43-24-23-37-11-7-8-12-42(37)35-43)48-32-27-41(28-33-48)44-29-34-52-50(36-44)49-17-9-10-18-51(49)54(52)46-15-5-2-6-16-46;1-3-4-2/h1-36H;3-4H,1-2H3/b;4-3-. The molecule has 0 unspecified atom stereocenters. The number of benzene rings is 9. The first-order valence-corrected chi connectivity index (χ1v) is 20.0. The van der Waals surface area contributed by atoms with Crippen LogP contribution >= 0.6 is 0 Å². The average Bonchev–Trinajstić information content (AvgIpc) is 3.64. The minimum absolute atomic E-state index is 1.11. The number of anilines is 3. The summed E-state index contributed by atoms with van der Waals surface area (Å²) in [5.41, 5.74) is 14.2. The predicted octanol–water partition coefficient (Wildman–Crippen LogP) is 16.0. The van der Waals surface area contributed by atoms with Gasteiger partial charge in [-0.1, -0.05) is 158 Å². The lowest BCUT2D eigenvalue weighted by molar-refractivity contribution is 1.18. The second kappa shape index (κ2) is 16.4. The van der Waals surface area contributed by atoms with E-state index in [9.17, 15) is 0 Å². The van der Waals surface area contributed by atoms with Crippen molar-refractivity contribution in [2.24, 2.45) is 0 Å². The van der Waals surface area contributed by atoms with Gasteiger partial charge in [-0.3, -0.25) is 0 Å². The maximum Gasteiger partial charge on any atom is 0.0541 e. The van der Waals surface area contributed by atoms with E-state index in [0.29, 0.717) is 0 Å². The molecule has 0 aliphatic carbocycles. The number of aromatic nitrogens is 1. The fourth-order valence-corrected chi connectivity index (χ4v) is 7.86. The number of para-hydroxylation sites is 3. The fourth-order valence-electron chi connectivity index (χ4n) is 7.86. The SMILES string of the molecule is C/C=C\C.c1ccc(N(c2ccc(-c3ccc(-c4ccc5ccccc5c4)cc3)cc2)c2ccc(-c3ccc4c(c3)c3ccccc3n4-c3ccccc3)cc2)cc1. The van der Waals surface area contributed by atoms with Crippen molar-refractivity contribution in [2.75, 3.05) is 4.90 Å². The molecule has 2 nitrogen and oxygen atoms in total. The summed E-state index contributed by atoms with van der Waals surface area (Å²) in [4.78, 5) is 2.33. The van der Waals surface area contributed by atoms with Gasteiger partial charge < -0.3 is 9.47 Å². The molecule has 1 heterocycles. The molecule has 58 heavy (non-hydrogen) atoms. The Labute approximate surface area is 341 Å². The zero-order valence-electron chi connectivity index (χ0n) is 32.8. The Balaban J connectivity index is 0.00000104. The lowest BCUT2D eigenvalue weighted by Gasteiger charge is -2.26. The van der Waals surface area contributed by atoms with Crippen molar-refractivity contribution >= 4 is 49.6 Å². The summed E-state index contributed by atoms with van der Waals surface area (Å²) in [5, 5.41) is 5.04. The Morgan fingerprint density at radius 1 is 0.328 bits per heavy atom. The van der Waals surface area contributed by atoms with Gasteiger partial charge in [0.25, 0.3) is 0 Å². The van der Waals surface area contributed by atoms with E-state index in [-0.39, 0.29) is 0 Å². The van der Waals surface area contributed by atoms with Crippen molar-refractivity contribution in [1.29, 1.82) is 0 Å². The molecule has 9 aromatic carbocycles. The van der Waals surface area contributed by atoms with E-state index < -0.39 is 0 Å². The Hall–Kier alpha value is -7.42. The Morgan fingerprint density at radius 2 is 0.759 bits per heavy atom. The Bertz CT molecular complexity index is 2970. The van der Waals surface area contributed by atoms with Gasteiger partial charge in [0.15, 0.2) is 0 Å². The van der Waals surface area contributed by atoms with Gasteiger partial charge in [-0.15, -0.1) is 0 Å². The van der Waals surface area contributed by atoms with Gasteiger partial charge in [0.05, 0.1) is 11.0 Å². The zero-order chi connectivity index (χ0) is 39.3. The van der Waals surface area contributed by atoms with Crippen molar-refractivity contribution in [3.05, 3.63) is 231 Å². The van der Waals surface area contributed by atoms with Gasteiger partial charge >= 0.3 is 0 Å². The lowest BCUT2D eigenvalue weighted by Crippen LogP contribution is -2.09. The predicted molar refractivity (Wildman–Crippen MR) is 250 cm³/mol. The van der Waals surface area contributed by atoms with Crippen LogP contribution in [-0.4, -0.2) is 4.57 Å². The first kappa shape index (κ1) is 36.2. The van der Waals surface area contributed by atoms with Crippen LogP contribution < -0.4 is 4.90 Å². The molecule has 0 fully saturated rings. The number of hydrogen-bond acceptors (Lipinski definition) is 1. The van der Waals surface area contributed by atoms with Crippen LogP contribution in [0.5, 0.6) is 0 Å². The first-order chi connectivity index (χ1) is 28.7. The van der Waals surface area contributed by atoms with E-state index in [0.717, 1.165) is 17.1 Å². The summed E-state index contributed by atoms with van der Waals surface area (Å²) < 4.78 is 2.36. The van der Waals surface area contributed by atoms with E-state index in [4.69, 9.17) is 0 Å². The number of fused-ring (bicyclic) bond motifs is 4. The van der Waals surface area contributed by atoms with Crippen molar-refractivity contribution in [3.8, 4) is 39.1 Å². The Morgan fingerprint density at radius 3 is 1.38 bits per heavy atom. The second-order valence-electron chi connectivity index (χ2n) is 14.5. The molecular formula is C56H44N2. The maximum atomic E-state index is 2.36. The summed E-state index contributed by atoms with van der Waals surface area (Å²) in [6, 6.07) is 78.8. The lowest BCUT2D eigenvalue weighted by atomic mass is 9.98. The third kappa shape index (κ3) is 7.20. The van der Waals surface area contributed by atoms with Crippen LogP contribution in [0.15, 0.2) is 231 Å². The zero-order valence-corrected chi connectivity index (χ0v) is 32.8. The summed E-state index contributed by atoms with van der Waals surface area (Å²) >= 11 is 0. The van der Waals surface area contributed by atoms with Crippen LogP contribution in [0.4, 0.5) is 17.1 Å². The minimum Gasteiger partial charge on any atom is -0.311 e. The monoisotopic (exact) mass is 744 g/mol. The highest BCUT2D eigenvalue weighted by atomic mass is 15.1. The van der Waals surface area contributed by atoms with Crippen LogP contribution in [0.1, 0.15) is 13.8 Å². The summed E-state index contributed by atoms with van der Waals surface area (Å²) in [6.07, 6.45) is 4.00. The quantitative estimate of drug-likeness (QED) is 0.148. The third-order valence-electron chi connectivity index (χ3n) is 10.9. The fraction of sp³-hybridized carbons (Fsp3) is 0.0357. The molecule has 10 aromatic rings. The highest BCUT2D eigenvalue weighted by Gasteiger charge is 2.15. The van der Waals surface area contributed by atoms with Crippen LogP contribution in [0.3, 0.4) is 0 Å². The largest absolute Gasteiger partial charge is 0.311 e. The molecule has 10 rings (SSSR count). The van der Waals surface area contributed by atoms with E-state index in [1.807, 2.05) is 26.0 Å². The van der Waals surface area contributed by atoms with Crippen LogP contribution in [0.2, 0.25) is 0 Å². The highest BCUT2D eigenvalue weighted by Crippen LogP contribution is 2.39. The molecule has 0 saturated carbocycles. The molecule has 2 heteroatoms. The van der Waals surface area contributed by atoms with E-state index in [1.54, 1.807) is 0 Å². The molecule has 0 aliphatic heterocycles. The van der Waals surface area contributed by atoms with Crippen LogP contribution in [-0.2, 0) is 0 Å². The van der Waals surface area contributed by atoms with Crippen LogP contribution in [0, 0.1) is 0 Å². The second-order valence-corrected chi connectivity index (χ2v) is 14.5. The molecule has 1 aromatic heterocycles. The topological polar surface area (TPSA) is 8.17 Å². The molecule has 0 saturated heterocycles. The van der Waals surface area contributed by atoms with Gasteiger partial charge in [0.2, 0.25) is 0 Å². The molecule has 0 amide bonds. The third-order valence-corrected chi connectivity index (χ3v) is 10.9.